The number of ether oxygens (including phenoxy) is 1. The second-order valence-corrected chi connectivity index (χ2v) is 4.41. The molecule has 1 aromatic carbocycles. The number of rotatable bonds is 2. The van der Waals surface area contributed by atoms with Crippen LogP contribution in [0.5, 0.6) is 5.75 Å². The van der Waals surface area contributed by atoms with Gasteiger partial charge >= 0.3 is 0 Å². The van der Waals surface area contributed by atoms with Gasteiger partial charge in [-0.25, -0.2) is 9.37 Å². The monoisotopic (exact) mass is 336 g/mol. The van der Waals surface area contributed by atoms with Crippen molar-refractivity contribution >= 4 is 34.1 Å². The second-order valence-electron chi connectivity index (χ2n) is 2.69. The molecule has 0 spiro atoms. The summed E-state index contributed by atoms with van der Waals surface area (Å²) in [5, 5.41) is 0.566. The number of hydrogen-bond acceptors (Lipinski definition) is 4. The molecule has 0 saturated heterocycles. The van der Waals surface area contributed by atoms with E-state index in [9.17, 15) is 4.39 Å². The van der Waals surface area contributed by atoms with Gasteiger partial charge in [-0.15, -0.1) is 0 Å². The topological polar surface area (TPSA) is 35.0 Å². The molecular weight excluding hydrogens is 330 g/mol. The van der Waals surface area contributed by atoms with Gasteiger partial charge in [0.25, 0.3) is 0 Å². The average molecular weight is 336 g/mol. The summed E-state index contributed by atoms with van der Waals surface area (Å²) in [6.07, 6.45) is 0. The Morgan fingerprint density at radius 2 is 2.27 bits per heavy atom. The first-order chi connectivity index (χ1) is 7.22. The number of nitrogens with zero attached hydrogens (tertiary/aromatic N) is 2. The van der Waals surface area contributed by atoms with Gasteiger partial charge in [-0.3, -0.25) is 0 Å². The maximum Gasteiger partial charge on any atom is 0.203 e. The first kappa shape index (κ1) is 10.7. The maximum atomic E-state index is 13.8. The molecule has 0 aliphatic rings. The zero-order valence-electron chi connectivity index (χ0n) is 7.70. The summed E-state index contributed by atoms with van der Waals surface area (Å²) >= 11 is 3.16. The lowest BCUT2D eigenvalue weighted by molar-refractivity contribution is 0.387. The highest BCUT2D eigenvalue weighted by atomic mass is 127. The molecule has 0 bridgehead atoms. The van der Waals surface area contributed by atoms with E-state index < -0.39 is 5.82 Å². The van der Waals surface area contributed by atoms with Gasteiger partial charge in [0.15, 0.2) is 11.6 Å². The minimum absolute atomic E-state index is 0.220. The quantitative estimate of drug-likeness (QED) is 0.791. The smallest absolute Gasteiger partial charge is 0.203 e. The van der Waals surface area contributed by atoms with E-state index in [-0.39, 0.29) is 5.75 Å². The fourth-order valence-electron chi connectivity index (χ4n) is 1.15. The van der Waals surface area contributed by atoms with Crippen LogP contribution in [0, 0.1) is 9.65 Å². The van der Waals surface area contributed by atoms with E-state index >= 15 is 0 Å². The Balaban J connectivity index is 2.53. The fourth-order valence-corrected chi connectivity index (χ4v) is 2.43. The molecule has 3 nitrogen and oxygen atoms in total. The maximum absolute atomic E-state index is 13.8. The molecule has 15 heavy (non-hydrogen) atoms. The number of aromatic nitrogens is 2. The third-order valence-corrected chi connectivity index (χ3v) is 3.37. The van der Waals surface area contributed by atoms with Crippen LogP contribution in [0.4, 0.5) is 4.39 Å². The van der Waals surface area contributed by atoms with Crippen LogP contribution in [0.1, 0.15) is 0 Å². The molecule has 0 aliphatic heterocycles. The van der Waals surface area contributed by atoms with Gasteiger partial charge in [-0.2, -0.15) is 4.37 Å². The Labute approximate surface area is 104 Å². The normalized spacial score (nSPS) is 10.3. The number of halogens is 2. The summed E-state index contributed by atoms with van der Waals surface area (Å²) in [5.41, 5.74) is 0.426. The highest BCUT2D eigenvalue weighted by Crippen LogP contribution is 2.29. The summed E-state index contributed by atoms with van der Waals surface area (Å²) in [6.45, 7) is 0. The molecule has 0 fully saturated rings. The van der Waals surface area contributed by atoms with Gasteiger partial charge in [-0.1, -0.05) is 6.07 Å². The highest BCUT2D eigenvalue weighted by molar-refractivity contribution is 14.1. The van der Waals surface area contributed by atoms with Gasteiger partial charge in [0.1, 0.15) is 5.01 Å². The van der Waals surface area contributed by atoms with Crippen molar-refractivity contribution in [2.75, 3.05) is 7.11 Å². The van der Waals surface area contributed by atoms with Crippen molar-refractivity contribution in [3.8, 4) is 16.3 Å². The van der Waals surface area contributed by atoms with Gasteiger partial charge < -0.3 is 4.74 Å². The van der Waals surface area contributed by atoms with Crippen molar-refractivity contribution in [1.29, 1.82) is 0 Å². The fraction of sp³-hybridized carbons (Fsp3) is 0.111. The lowest BCUT2D eigenvalue weighted by Gasteiger charge is -2.03. The van der Waals surface area contributed by atoms with Gasteiger partial charge in [0, 0.05) is 22.6 Å². The van der Waals surface area contributed by atoms with E-state index in [4.69, 9.17) is 4.74 Å². The van der Waals surface area contributed by atoms with Crippen LogP contribution >= 0.6 is 34.1 Å². The predicted molar refractivity (Wildman–Crippen MR) is 64.6 cm³/mol. The SMILES string of the molecule is COc1cccc(-c2nc(I)ns2)c1F. The zero-order chi connectivity index (χ0) is 10.8. The molecule has 2 rings (SSSR count). The Morgan fingerprint density at radius 3 is 2.87 bits per heavy atom. The minimum atomic E-state index is -0.396. The van der Waals surface area contributed by atoms with Crippen molar-refractivity contribution in [2.24, 2.45) is 0 Å². The minimum Gasteiger partial charge on any atom is -0.494 e. The van der Waals surface area contributed by atoms with Crippen LogP contribution in [0.2, 0.25) is 0 Å². The van der Waals surface area contributed by atoms with Crippen LogP contribution in [0.15, 0.2) is 18.2 Å². The zero-order valence-corrected chi connectivity index (χ0v) is 10.7. The van der Waals surface area contributed by atoms with Crippen molar-refractivity contribution in [3.05, 3.63) is 27.8 Å². The predicted octanol–water partition coefficient (Wildman–Crippen LogP) is 2.96. The highest BCUT2D eigenvalue weighted by Gasteiger charge is 2.13. The van der Waals surface area contributed by atoms with Crippen LogP contribution in [-0.4, -0.2) is 16.5 Å². The Morgan fingerprint density at radius 1 is 1.47 bits per heavy atom. The van der Waals surface area contributed by atoms with Crippen molar-refractivity contribution in [2.45, 2.75) is 0 Å². The van der Waals surface area contributed by atoms with Gasteiger partial charge in [-0.05, 0) is 23.7 Å². The molecular formula is C9H6FIN2OS. The molecule has 0 saturated carbocycles. The summed E-state index contributed by atoms with van der Waals surface area (Å²) in [4.78, 5) is 4.12. The lowest BCUT2D eigenvalue weighted by atomic mass is 10.2. The van der Waals surface area contributed by atoms with E-state index in [1.165, 1.54) is 18.6 Å². The van der Waals surface area contributed by atoms with Crippen molar-refractivity contribution in [1.82, 2.24) is 9.36 Å². The third-order valence-electron chi connectivity index (χ3n) is 1.81. The first-order valence-electron chi connectivity index (χ1n) is 4.04. The molecule has 2 aromatic rings. The average Bonchev–Trinajstić information content (AvgIpc) is 2.65. The van der Waals surface area contributed by atoms with Crippen LogP contribution in [0.25, 0.3) is 10.6 Å². The van der Waals surface area contributed by atoms with Crippen LogP contribution in [0.3, 0.4) is 0 Å². The summed E-state index contributed by atoms with van der Waals surface area (Å²) in [5.74, 6) is -0.176. The Bertz CT molecular complexity index is 489. The van der Waals surface area contributed by atoms with E-state index in [1.54, 1.807) is 18.2 Å². The second kappa shape index (κ2) is 4.40. The summed E-state index contributed by atoms with van der Waals surface area (Å²) in [6, 6.07) is 4.96. The van der Waals surface area contributed by atoms with Crippen molar-refractivity contribution in [3.63, 3.8) is 0 Å². The molecule has 1 heterocycles. The largest absolute Gasteiger partial charge is 0.494 e. The Hall–Kier alpha value is -0.760. The summed E-state index contributed by atoms with van der Waals surface area (Å²) in [7, 11) is 1.44. The molecule has 0 aliphatic carbocycles. The first-order valence-corrected chi connectivity index (χ1v) is 5.89. The van der Waals surface area contributed by atoms with E-state index in [2.05, 4.69) is 9.36 Å². The number of methoxy groups -OCH3 is 1. The van der Waals surface area contributed by atoms with Crippen LogP contribution < -0.4 is 4.74 Å². The molecule has 0 unspecified atom stereocenters. The van der Waals surface area contributed by atoms with Gasteiger partial charge in [0.05, 0.1) is 12.7 Å². The Kier molecular flexibility index (Phi) is 3.15. The molecule has 0 amide bonds. The summed E-state index contributed by atoms with van der Waals surface area (Å²) < 4.78 is 23.3. The van der Waals surface area contributed by atoms with E-state index in [0.717, 1.165) is 0 Å². The number of hydrogen-bond donors (Lipinski definition) is 0. The molecule has 6 heteroatoms. The standard InChI is InChI=1S/C9H6FIN2OS/c1-14-6-4-2-3-5(7(6)10)8-12-9(11)13-15-8/h2-4H,1H3. The molecule has 1 aromatic heterocycles. The molecule has 0 N–H and O–H groups in total. The lowest BCUT2D eigenvalue weighted by Crippen LogP contribution is -1.90. The van der Waals surface area contributed by atoms with E-state index in [1.807, 2.05) is 22.6 Å². The van der Waals surface area contributed by atoms with Crippen LogP contribution in [-0.2, 0) is 0 Å². The molecule has 0 radical (unpaired) electrons. The molecule has 0 atom stereocenters. The third kappa shape index (κ3) is 2.10. The van der Waals surface area contributed by atoms with Gasteiger partial charge in [0.2, 0.25) is 3.83 Å². The number of benzene rings is 1. The van der Waals surface area contributed by atoms with Crippen molar-refractivity contribution < 1.29 is 9.13 Å². The molecule has 78 valence electrons. The van der Waals surface area contributed by atoms with E-state index in [0.29, 0.717) is 14.4 Å².